The van der Waals surface area contributed by atoms with Crippen LogP contribution < -0.4 is 57.1 Å². The number of aryl methyl sites for hydroxylation is 2. The van der Waals surface area contributed by atoms with Gasteiger partial charge in [-0.15, -0.1) is 0 Å². The molecule has 4 heteroatoms. The molecule has 2 aromatic carbocycles. The normalized spacial score (nSPS) is 10.8. The number of para-hydroxylation sites is 2. The summed E-state index contributed by atoms with van der Waals surface area (Å²) in [5, 5.41) is 2.69. The zero-order chi connectivity index (χ0) is 24.7. The molecule has 0 spiro atoms. The molecular formula is C34H46I2N2. The summed E-state index contributed by atoms with van der Waals surface area (Å²) < 4.78 is 4.83. The van der Waals surface area contributed by atoms with Crippen molar-refractivity contribution in [2.45, 2.75) is 103 Å². The lowest BCUT2D eigenvalue weighted by atomic mass is 10.0. The fourth-order valence-corrected chi connectivity index (χ4v) is 5.52. The van der Waals surface area contributed by atoms with Gasteiger partial charge in [-0.25, -0.2) is 0 Å². The summed E-state index contributed by atoms with van der Waals surface area (Å²) in [6.45, 7) is 2.28. The van der Waals surface area contributed by atoms with Crippen molar-refractivity contribution in [3.05, 3.63) is 85.2 Å². The lowest BCUT2D eigenvalue weighted by molar-refractivity contribution is -0.672. The predicted molar refractivity (Wildman–Crippen MR) is 153 cm³/mol. The molecule has 0 amide bonds. The standard InChI is InChI=1S/C34H46N2.2HI/c1(3-5-7-9-11-17-27-35-29-19-23-31-21-13-15-25-33(31)35)2-4-6-8-10-12-18-28-36-30-20-24-32-22-14-16-26-34(32)36;;/h13-16,19-26,29-30H,1-12,17-18,27-28H2;2*1H/q+2;;/p-2. The highest BCUT2D eigenvalue weighted by Gasteiger charge is 2.07. The minimum absolute atomic E-state index is 0. The van der Waals surface area contributed by atoms with Gasteiger partial charge in [0.2, 0.25) is 11.0 Å². The van der Waals surface area contributed by atoms with E-state index in [0.29, 0.717) is 0 Å². The number of fused-ring (bicyclic) bond motifs is 2. The largest absolute Gasteiger partial charge is 1.00 e. The summed E-state index contributed by atoms with van der Waals surface area (Å²) in [5.41, 5.74) is 2.72. The predicted octanol–water partition coefficient (Wildman–Crippen LogP) is 2.74. The van der Waals surface area contributed by atoms with Gasteiger partial charge in [0.15, 0.2) is 12.4 Å². The van der Waals surface area contributed by atoms with Crippen molar-refractivity contribution in [2.75, 3.05) is 0 Å². The summed E-state index contributed by atoms with van der Waals surface area (Å²) in [7, 11) is 0. The molecule has 0 radical (unpaired) electrons. The molecule has 0 saturated heterocycles. The Bertz CT molecular complexity index is 1070. The zero-order valence-corrected chi connectivity index (χ0v) is 27.4. The van der Waals surface area contributed by atoms with Crippen LogP contribution in [0.1, 0.15) is 89.9 Å². The maximum absolute atomic E-state index is 2.42. The van der Waals surface area contributed by atoms with E-state index in [9.17, 15) is 0 Å². The average molecular weight is 737 g/mol. The van der Waals surface area contributed by atoms with Crippen LogP contribution in [0.15, 0.2) is 85.2 Å². The molecule has 206 valence electrons. The molecule has 0 aliphatic rings. The van der Waals surface area contributed by atoms with E-state index in [1.165, 1.54) is 112 Å². The highest BCUT2D eigenvalue weighted by molar-refractivity contribution is 5.75. The van der Waals surface area contributed by atoms with Crippen molar-refractivity contribution in [3.63, 3.8) is 0 Å². The molecule has 0 bridgehead atoms. The topological polar surface area (TPSA) is 7.76 Å². The van der Waals surface area contributed by atoms with Gasteiger partial charge in [-0.3, -0.25) is 0 Å². The number of hydrogen-bond acceptors (Lipinski definition) is 0. The Labute approximate surface area is 265 Å². The number of halogens is 2. The Morgan fingerprint density at radius 1 is 0.342 bits per heavy atom. The molecule has 38 heavy (non-hydrogen) atoms. The van der Waals surface area contributed by atoms with Gasteiger partial charge in [0.25, 0.3) is 0 Å². The monoisotopic (exact) mass is 736 g/mol. The van der Waals surface area contributed by atoms with Crippen molar-refractivity contribution in [1.82, 2.24) is 0 Å². The maximum Gasteiger partial charge on any atom is 0.212 e. The van der Waals surface area contributed by atoms with Gasteiger partial charge in [0, 0.05) is 47.9 Å². The smallest absolute Gasteiger partial charge is 0.212 e. The average Bonchev–Trinajstić information content (AvgIpc) is 2.93. The van der Waals surface area contributed by atoms with Crippen LogP contribution >= 0.6 is 0 Å². The van der Waals surface area contributed by atoms with Gasteiger partial charge < -0.3 is 48.0 Å². The Balaban J connectivity index is 0.00000253. The number of nitrogens with zero attached hydrogens (tertiary/aromatic N) is 2. The second kappa shape index (κ2) is 19.7. The van der Waals surface area contributed by atoms with Crippen LogP contribution in [0, 0.1) is 0 Å². The van der Waals surface area contributed by atoms with Gasteiger partial charge in [0.05, 0.1) is 0 Å². The quantitative estimate of drug-likeness (QED) is 0.0897. The van der Waals surface area contributed by atoms with E-state index in [-0.39, 0.29) is 48.0 Å². The third-order valence-corrected chi connectivity index (χ3v) is 7.62. The number of hydrogen-bond donors (Lipinski definition) is 0. The van der Waals surface area contributed by atoms with Crippen molar-refractivity contribution < 1.29 is 57.1 Å². The number of benzene rings is 2. The van der Waals surface area contributed by atoms with Crippen LogP contribution in [-0.4, -0.2) is 0 Å². The van der Waals surface area contributed by atoms with Gasteiger partial charge in [0.1, 0.15) is 13.1 Å². The molecule has 0 saturated carbocycles. The molecule has 4 rings (SSSR count). The lowest BCUT2D eigenvalue weighted by Gasteiger charge is -2.04. The van der Waals surface area contributed by atoms with Crippen LogP contribution in [0.5, 0.6) is 0 Å². The molecule has 2 nitrogen and oxygen atoms in total. The molecule has 0 atom stereocenters. The van der Waals surface area contributed by atoms with E-state index in [1.54, 1.807) is 0 Å². The van der Waals surface area contributed by atoms with Crippen LogP contribution in [0.25, 0.3) is 21.8 Å². The van der Waals surface area contributed by atoms with Crippen molar-refractivity contribution in [3.8, 4) is 0 Å². The first kappa shape index (κ1) is 32.9. The highest BCUT2D eigenvalue weighted by atomic mass is 127. The third-order valence-electron chi connectivity index (χ3n) is 7.62. The fourth-order valence-electron chi connectivity index (χ4n) is 5.52. The SMILES string of the molecule is [I-].[I-].c1ccc2c(c1)ccc[n+]2CCCCCCCCCCCCCCCC[n+]1cccc2ccccc21. The number of aromatic nitrogens is 2. The third kappa shape index (κ3) is 11.1. The van der Waals surface area contributed by atoms with Crippen LogP contribution in [-0.2, 0) is 13.1 Å². The molecule has 0 fully saturated rings. The number of unbranched alkanes of at least 4 members (excludes halogenated alkanes) is 13. The molecule has 0 aliphatic heterocycles. The molecule has 0 unspecified atom stereocenters. The fraction of sp³-hybridized carbons (Fsp3) is 0.471. The Kier molecular flexibility index (Phi) is 17.1. The first-order valence-electron chi connectivity index (χ1n) is 14.7. The van der Waals surface area contributed by atoms with Gasteiger partial charge in [-0.2, -0.15) is 9.13 Å². The highest BCUT2D eigenvalue weighted by Crippen LogP contribution is 2.14. The van der Waals surface area contributed by atoms with E-state index in [4.69, 9.17) is 0 Å². The second-order valence-electron chi connectivity index (χ2n) is 10.5. The van der Waals surface area contributed by atoms with E-state index >= 15 is 0 Å². The minimum atomic E-state index is 0. The maximum atomic E-state index is 2.42. The zero-order valence-electron chi connectivity index (χ0n) is 23.0. The molecule has 2 heterocycles. The molecule has 4 aromatic rings. The summed E-state index contributed by atoms with van der Waals surface area (Å²) >= 11 is 0. The number of rotatable bonds is 17. The molecule has 0 aliphatic carbocycles. The van der Waals surface area contributed by atoms with E-state index in [1.807, 2.05) is 0 Å². The first-order valence-corrected chi connectivity index (χ1v) is 14.7. The molecular weight excluding hydrogens is 690 g/mol. The Morgan fingerprint density at radius 2 is 0.632 bits per heavy atom. The summed E-state index contributed by atoms with van der Waals surface area (Å²) in [6.07, 6.45) is 23.9. The first-order chi connectivity index (χ1) is 17.9. The summed E-state index contributed by atoms with van der Waals surface area (Å²) in [4.78, 5) is 0. The van der Waals surface area contributed by atoms with E-state index in [2.05, 4.69) is 94.3 Å². The minimum Gasteiger partial charge on any atom is -1.00 e. The van der Waals surface area contributed by atoms with E-state index in [0.717, 1.165) is 13.1 Å². The van der Waals surface area contributed by atoms with Crippen LogP contribution in [0.4, 0.5) is 0 Å². The Hall–Kier alpha value is -1.28. The number of pyridine rings is 2. The Morgan fingerprint density at radius 3 is 1.00 bits per heavy atom. The van der Waals surface area contributed by atoms with Gasteiger partial charge in [-0.05, 0) is 37.1 Å². The lowest BCUT2D eigenvalue weighted by Crippen LogP contribution is -3.00. The van der Waals surface area contributed by atoms with Gasteiger partial charge >= 0.3 is 0 Å². The molecule has 2 aromatic heterocycles. The summed E-state index contributed by atoms with van der Waals surface area (Å²) in [6, 6.07) is 26.2. The van der Waals surface area contributed by atoms with Crippen LogP contribution in [0.2, 0.25) is 0 Å². The summed E-state index contributed by atoms with van der Waals surface area (Å²) in [5.74, 6) is 0. The second-order valence-corrected chi connectivity index (χ2v) is 10.5. The van der Waals surface area contributed by atoms with Gasteiger partial charge in [-0.1, -0.05) is 88.5 Å². The van der Waals surface area contributed by atoms with E-state index < -0.39 is 0 Å². The van der Waals surface area contributed by atoms with Crippen molar-refractivity contribution in [2.24, 2.45) is 0 Å². The van der Waals surface area contributed by atoms with Crippen molar-refractivity contribution in [1.29, 1.82) is 0 Å². The molecule has 0 N–H and O–H groups in total. The van der Waals surface area contributed by atoms with Crippen LogP contribution in [0.3, 0.4) is 0 Å². The van der Waals surface area contributed by atoms with Crippen molar-refractivity contribution >= 4 is 21.8 Å².